The quantitative estimate of drug-likeness (QED) is 0.132. The lowest BCUT2D eigenvalue weighted by atomic mass is 10.0. The molecule has 0 spiro atoms. The highest BCUT2D eigenvalue weighted by molar-refractivity contribution is 7.89. The number of carbonyl (C=O) groups is 5. The SMILES string of the molecule is Cc1ccc(S(=O)(=O)N2CCC[C@H]2C(=O)N[C@@H](Cc2ccc(N3C(=O)C(=O)N(c4cccc(Cl)c4)C3=O)cc2)C(=O)OCc2ccccc2)cc1. The molecule has 0 saturated carbocycles. The second-order valence-corrected chi connectivity index (χ2v) is 14.5. The lowest BCUT2D eigenvalue weighted by Gasteiger charge is -2.26. The molecule has 0 radical (unpaired) electrons. The van der Waals surface area contributed by atoms with Gasteiger partial charge in [-0.15, -0.1) is 0 Å². The van der Waals surface area contributed by atoms with Gasteiger partial charge in [0.25, 0.3) is 0 Å². The molecule has 262 valence electrons. The average molecular weight is 729 g/mol. The number of aryl methyl sites for hydroxylation is 1. The van der Waals surface area contributed by atoms with Crippen molar-refractivity contribution in [3.8, 4) is 0 Å². The summed E-state index contributed by atoms with van der Waals surface area (Å²) in [6.45, 7) is 1.93. The fourth-order valence-corrected chi connectivity index (χ4v) is 7.82. The number of hydrogen-bond acceptors (Lipinski definition) is 8. The van der Waals surface area contributed by atoms with Crippen LogP contribution in [-0.4, -0.2) is 61.1 Å². The molecule has 51 heavy (non-hydrogen) atoms. The Labute approximate surface area is 299 Å². The van der Waals surface area contributed by atoms with Crippen LogP contribution in [0.2, 0.25) is 5.02 Å². The van der Waals surface area contributed by atoms with E-state index in [0.29, 0.717) is 12.0 Å². The minimum atomic E-state index is -4.00. The van der Waals surface area contributed by atoms with Gasteiger partial charge < -0.3 is 10.1 Å². The van der Waals surface area contributed by atoms with E-state index in [1.165, 1.54) is 36.4 Å². The van der Waals surface area contributed by atoms with Gasteiger partial charge in [0, 0.05) is 18.0 Å². The highest BCUT2D eigenvalue weighted by atomic mass is 35.5. The highest BCUT2D eigenvalue weighted by Crippen LogP contribution is 2.30. The van der Waals surface area contributed by atoms with Crippen molar-refractivity contribution in [1.82, 2.24) is 9.62 Å². The van der Waals surface area contributed by atoms with Crippen molar-refractivity contribution in [2.24, 2.45) is 0 Å². The van der Waals surface area contributed by atoms with Crippen molar-refractivity contribution in [1.29, 1.82) is 0 Å². The second kappa shape index (κ2) is 14.9. The van der Waals surface area contributed by atoms with E-state index in [4.69, 9.17) is 16.3 Å². The van der Waals surface area contributed by atoms with Gasteiger partial charge in [0.15, 0.2) is 0 Å². The van der Waals surface area contributed by atoms with Gasteiger partial charge in [-0.05, 0) is 73.4 Å². The van der Waals surface area contributed by atoms with E-state index in [9.17, 15) is 32.4 Å². The molecule has 0 aromatic heterocycles. The zero-order valence-electron chi connectivity index (χ0n) is 27.4. The molecule has 2 heterocycles. The minimum absolute atomic E-state index is 0.0569. The van der Waals surface area contributed by atoms with Crippen molar-refractivity contribution in [3.63, 3.8) is 0 Å². The number of rotatable bonds is 11. The van der Waals surface area contributed by atoms with Crippen molar-refractivity contribution in [2.45, 2.75) is 49.8 Å². The van der Waals surface area contributed by atoms with Gasteiger partial charge in [0.2, 0.25) is 15.9 Å². The molecule has 5 amide bonds. The smallest absolute Gasteiger partial charge is 0.343 e. The Kier molecular flexibility index (Phi) is 10.3. The molecule has 4 aromatic carbocycles. The molecule has 4 aromatic rings. The molecule has 2 aliphatic heterocycles. The Hall–Kier alpha value is -5.37. The monoisotopic (exact) mass is 728 g/mol. The molecule has 12 nitrogen and oxygen atoms in total. The van der Waals surface area contributed by atoms with Gasteiger partial charge in [-0.2, -0.15) is 4.31 Å². The number of amides is 5. The number of nitrogens with one attached hydrogen (secondary N) is 1. The molecule has 0 unspecified atom stereocenters. The molecule has 14 heteroatoms. The summed E-state index contributed by atoms with van der Waals surface area (Å²) in [4.78, 5) is 67.7. The zero-order chi connectivity index (χ0) is 36.3. The number of urea groups is 1. The Balaban J connectivity index is 1.21. The predicted molar refractivity (Wildman–Crippen MR) is 188 cm³/mol. The third-order valence-corrected chi connectivity index (χ3v) is 10.8. The standard InChI is InChI=1S/C37H33ClN4O8S/c1-24-12-18-30(19-13-24)51(48,49)40-20-6-11-32(40)33(43)39-31(36(46)50-23-26-7-3-2-4-8-26)21-25-14-16-28(17-15-25)41-34(44)35(45)42(37(41)47)29-10-5-9-27(38)22-29/h2-5,7-10,12-19,22,31-32H,6,11,20-21,23H2,1H3,(H,39,43)/t31-,32-/m0/s1. The van der Waals surface area contributed by atoms with E-state index in [1.807, 2.05) is 13.0 Å². The maximum atomic E-state index is 13.7. The molecular weight excluding hydrogens is 696 g/mol. The molecule has 1 N–H and O–H groups in total. The molecule has 2 atom stereocenters. The van der Waals surface area contributed by atoms with E-state index in [2.05, 4.69) is 5.32 Å². The number of nitrogens with zero attached hydrogens (tertiary/aromatic N) is 3. The maximum Gasteiger partial charge on any atom is 0.343 e. The number of benzene rings is 4. The molecule has 2 saturated heterocycles. The molecule has 2 aliphatic rings. The summed E-state index contributed by atoms with van der Waals surface area (Å²) in [5.41, 5.74) is 2.40. The number of imide groups is 2. The van der Waals surface area contributed by atoms with Crippen LogP contribution in [0.1, 0.15) is 29.5 Å². The Morgan fingerprint density at radius 2 is 1.51 bits per heavy atom. The fourth-order valence-electron chi connectivity index (χ4n) is 5.98. The lowest BCUT2D eigenvalue weighted by Crippen LogP contribution is -2.51. The van der Waals surface area contributed by atoms with Gasteiger partial charge in [0.1, 0.15) is 18.7 Å². The van der Waals surface area contributed by atoms with E-state index in [-0.39, 0.29) is 47.3 Å². The van der Waals surface area contributed by atoms with Gasteiger partial charge in [0.05, 0.1) is 16.3 Å². The highest BCUT2D eigenvalue weighted by Gasteiger charge is 2.46. The predicted octanol–water partition coefficient (Wildman–Crippen LogP) is 4.77. The first-order valence-electron chi connectivity index (χ1n) is 16.1. The topological polar surface area (TPSA) is 150 Å². The van der Waals surface area contributed by atoms with Crippen molar-refractivity contribution in [2.75, 3.05) is 16.3 Å². The van der Waals surface area contributed by atoms with Crippen LogP contribution >= 0.6 is 11.6 Å². The van der Waals surface area contributed by atoms with E-state index >= 15 is 0 Å². The van der Waals surface area contributed by atoms with E-state index in [0.717, 1.165) is 25.2 Å². The third kappa shape index (κ3) is 7.55. The summed E-state index contributed by atoms with van der Waals surface area (Å²) in [6.07, 6.45) is 0.658. The lowest BCUT2D eigenvalue weighted by molar-refractivity contribution is -0.149. The van der Waals surface area contributed by atoms with Gasteiger partial charge in [-0.3, -0.25) is 14.4 Å². The van der Waals surface area contributed by atoms with Crippen LogP contribution in [0, 0.1) is 6.92 Å². The van der Waals surface area contributed by atoms with Crippen LogP contribution in [0.4, 0.5) is 16.2 Å². The first-order valence-corrected chi connectivity index (χ1v) is 17.9. The summed E-state index contributed by atoms with van der Waals surface area (Å²) < 4.78 is 33.8. The summed E-state index contributed by atoms with van der Waals surface area (Å²) in [5.74, 6) is -3.48. The normalized spacial score (nSPS) is 17.1. The molecule has 0 bridgehead atoms. The number of halogens is 1. The zero-order valence-corrected chi connectivity index (χ0v) is 29.0. The van der Waals surface area contributed by atoms with Crippen molar-refractivity contribution >= 4 is 62.7 Å². The van der Waals surface area contributed by atoms with E-state index in [1.54, 1.807) is 60.7 Å². The number of esters is 1. The first kappa shape index (κ1) is 35.5. The Morgan fingerprint density at radius 1 is 0.843 bits per heavy atom. The Morgan fingerprint density at radius 3 is 2.18 bits per heavy atom. The van der Waals surface area contributed by atoms with Gasteiger partial charge >= 0.3 is 23.8 Å². The van der Waals surface area contributed by atoms with Crippen LogP contribution in [-0.2, 0) is 47.0 Å². The van der Waals surface area contributed by atoms with Crippen LogP contribution in [0.5, 0.6) is 0 Å². The van der Waals surface area contributed by atoms with Crippen molar-refractivity contribution < 1.29 is 37.1 Å². The van der Waals surface area contributed by atoms with Gasteiger partial charge in [-0.25, -0.2) is 27.8 Å². The maximum absolute atomic E-state index is 13.7. The minimum Gasteiger partial charge on any atom is -0.459 e. The number of hydrogen-bond donors (Lipinski definition) is 1. The molecule has 2 fully saturated rings. The summed E-state index contributed by atoms with van der Waals surface area (Å²) in [6, 6.07) is 24.2. The Bertz CT molecular complexity index is 2090. The molecule has 6 rings (SSSR count). The van der Waals surface area contributed by atoms with Crippen LogP contribution in [0.15, 0.2) is 108 Å². The third-order valence-electron chi connectivity index (χ3n) is 8.63. The van der Waals surface area contributed by atoms with Crippen molar-refractivity contribution in [3.05, 3.63) is 125 Å². The van der Waals surface area contributed by atoms with Crippen LogP contribution in [0.25, 0.3) is 0 Å². The summed E-state index contributed by atoms with van der Waals surface area (Å²) >= 11 is 6.03. The average Bonchev–Trinajstić information content (AvgIpc) is 3.71. The fraction of sp³-hybridized carbons (Fsp3) is 0.216. The summed E-state index contributed by atoms with van der Waals surface area (Å²) in [7, 11) is -4.00. The molecule has 0 aliphatic carbocycles. The largest absolute Gasteiger partial charge is 0.459 e. The number of carbonyl (C=O) groups excluding carboxylic acids is 5. The van der Waals surface area contributed by atoms with Crippen LogP contribution in [0.3, 0.4) is 0 Å². The number of ether oxygens (including phenoxy) is 1. The number of anilines is 2. The molecular formula is C37H33ClN4O8S. The van der Waals surface area contributed by atoms with E-state index < -0.39 is 51.8 Å². The second-order valence-electron chi connectivity index (χ2n) is 12.2. The van der Waals surface area contributed by atoms with Gasteiger partial charge in [-0.1, -0.05) is 77.8 Å². The first-order chi connectivity index (χ1) is 24.4. The number of sulfonamides is 1. The van der Waals surface area contributed by atoms with Crippen LogP contribution < -0.4 is 15.1 Å². The summed E-state index contributed by atoms with van der Waals surface area (Å²) in [5, 5.41) is 3.00.